The largest absolute Gasteiger partial charge is 0.346 e. The molecule has 0 N–H and O–H groups in total. The fourth-order valence-electron chi connectivity index (χ4n) is 12.3. The van der Waals surface area contributed by atoms with Gasteiger partial charge in [0.25, 0.3) is 0 Å². The van der Waals surface area contributed by atoms with Crippen molar-refractivity contribution in [1.29, 1.82) is 0 Å². The minimum Gasteiger partial charge on any atom is -0.346 e. The van der Waals surface area contributed by atoms with Crippen LogP contribution in [0.15, 0.2) is 194 Å². The Balaban J connectivity index is 1.04. The molecule has 77 heavy (non-hydrogen) atoms. The highest BCUT2D eigenvalue weighted by Gasteiger charge is 2.45. The predicted octanol–water partition coefficient (Wildman–Crippen LogP) is 18.3. The van der Waals surface area contributed by atoms with Crippen molar-refractivity contribution < 1.29 is 18.9 Å². The van der Waals surface area contributed by atoms with Crippen LogP contribution in [0.1, 0.15) is 115 Å². The summed E-state index contributed by atoms with van der Waals surface area (Å²) in [6.07, 6.45) is 14.8. The van der Waals surface area contributed by atoms with E-state index in [1.165, 1.54) is 134 Å². The average molecular weight is 1040 g/mol. The van der Waals surface area contributed by atoms with Crippen LogP contribution in [0.3, 0.4) is 0 Å². The van der Waals surface area contributed by atoms with Gasteiger partial charge in [0.1, 0.15) is 8.07 Å². The van der Waals surface area contributed by atoms with Crippen LogP contribution in [0, 0.1) is 0 Å². The Hall–Kier alpha value is -6.58. The molecule has 0 bridgehead atoms. The highest BCUT2D eigenvalue weighted by Crippen LogP contribution is 2.44. The minimum absolute atomic E-state index is 0.327. The third kappa shape index (κ3) is 11.8. The molecule has 0 aliphatic carbocycles. The predicted molar refractivity (Wildman–Crippen MR) is 323 cm³/mol. The van der Waals surface area contributed by atoms with Crippen LogP contribution in [0.25, 0.3) is 33.4 Å². The molecule has 11 rings (SSSR count). The molecular formula is C70H76N2O4Si. The van der Waals surface area contributed by atoms with Gasteiger partial charge in [-0.1, -0.05) is 212 Å². The number of hydrogen-bond donors (Lipinski definition) is 0. The molecule has 2 saturated heterocycles. The summed E-state index contributed by atoms with van der Waals surface area (Å²) in [5, 5.41) is 3.19. The van der Waals surface area contributed by atoms with Crippen LogP contribution >= 0.6 is 0 Å². The van der Waals surface area contributed by atoms with Gasteiger partial charge < -0.3 is 28.7 Å². The van der Waals surface area contributed by atoms with Gasteiger partial charge in [-0.2, -0.15) is 0 Å². The molecule has 3 heterocycles. The lowest BCUT2D eigenvalue weighted by atomic mass is 10.0. The Labute approximate surface area is 459 Å². The molecule has 7 heteroatoms. The van der Waals surface area contributed by atoms with Gasteiger partial charge in [0, 0.05) is 45.3 Å². The molecule has 394 valence electrons. The lowest BCUT2D eigenvalue weighted by Crippen LogP contribution is -2.55. The monoisotopic (exact) mass is 1040 g/mol. The Kier molecular flexibility index (Phi) is 17.2. The Morgan fingerprint density at radius 2 is 0.649 bits per heavy atom. The van der Waals surface area contributed by atoms with E-state index in [-0.39, 0.29) is 12.6 Å². The molecule has 0 radical (unpaired) electrons. The van der Waals surface area contributed by atoms with Crippen LogP contribution in [0.5, 0.6) is 0 Å². The zero-order valence-corrected chi connectivity index (χ0v) is 46.4. The van der Waals surface area contributed by atoms with Crippen LogP contribution in [0.2, 0.25) is 12.1 Å². The van der Waals surface area contributed by atoms with Crippen molar-refractivity contribution in [2.24, 2.45) is 0 Å². The lowest BCUT2D eigenvalue weighted by molar-refractivity contribution is -0.0443. The third-order valence-corrected chi connectivity index (χ3v) is 21.6. The maximum absolute atomic E-state index is 5.96. The normalized spacial score (nSPS) is 14.9. The molecule has 2 fully saturated rings. The fourth-order valence-corrected chi connectivity index (χ4v) is 17.9. The second-order valence-corrected chi connectivity index (χ2v) is 25.6. The van der Waals surface area contributed by atoms with Gasteiger partial charge in [0.15, 0.2) is 12.6 Å². The van der Waals surface area contributed by atoms with Crippen LogP contribution in [0.4, 0.5) is 34.1 Å². The number of ether oxygens (including phenoxy) is 4. The van der Waals surface area contributed by atoms with E-state index < -0.39 is 8.07 Å². The first-order chi connectivity index (χ1) is 38.1. The van der Waals surface area contributed by atoms with E-state index >= 15 is 0 Å². The van der Waals surface area contributed by atoms with Gasteiger partial charge in [0.05, 0.1) is 26.4 Å². The number of benzene rings is 8. The second kappa shape index (κ2) is 25.3. The number of unbranched alkanes of at least 4 members (excludes halogenated alkanes) is 10. The zero-order valence-electron chi connectivity index (χ0n) is 45.4. The summed E-state index contributed by atoms with van der Waals surface area (Å²) in [5.74, 6) is 0. The smallest absolute Gasteiger partial charge is 0.184 e. The van der Waals surface area contributed by atoms with Gasteiger partial charge in [-0.25, -0.2) is 0 Å². The summed E-state index contributed by atoms with van der Waals surface area (Å²) in [4.78, 5) is 4.95. The molecule has 8 aromatic rings. The highest BCUT2D eigenvalue weighted by atomic mass is 28.3. The molecule has 3 aliphatic heterocycles. The van der Waals surface area contributed by atoms with E-state index in [9.17, 15) is 0 Å². The molecule has 0 saturated carbocycles. The van der Waals surface area contributed by atoms with E-state index in [0.717, 1.165) is 33.9 Å². The van der Waals surface area contributed by atoms with E-state index in [1.54, 1.807) is 10.4 Å². The number of anilines is 6. The minimum atomic E-state index is -2.45. The summed E-state index contributed by atoms with van der Waals surface area (Å²) >= 11 is 0. The van der Waals surface area contributed by atoms with Gasteiger partial charge in [-0.05, 0) is 129 Å². The quantitative estimate of drug-likeness (QED) is 0.0444. The molecule has 0 amide bonds. The lowest BCUT2D eigenvalue weighted by Gasteiger charge is -2.33. The highest BCUT2D eigenvalue weighted by molar-refractivity contribution is 7.05. The van der Waals surface area contributed by atoms with Gasteiger partial charge >= 0.3 is 0 Å². The molecular weight excluding hydrogens is 961 g/mol. The number of hydrogen-bond acceptors (Lipinski definition) is 6. The maximum atomic E-state index is 5.96. The number of rotatable bonds is 24. The van der Waals surface area contributed by atoms with E-state index in [0.29, 0.717) is 26.4 Å². The topological polar surface area (TPSA) is 43.4 Å². The van der Waals surface area contributed by atoms with Crippen molar-refractivity contribution in [2.45, 2.75) is 116 Å². The molecule has 0 aromatic heterocycles. The first-order valence-corrected chi connectivity index (χ1v) is 31.4. The van der Waals surface area contributed by atoms with Gasteiger partial charge in [0.2, 0.25) is 0 Å². The first kappa shape index (κ1) is 52.5. The summed E-state index contributed by atoms with van der Waals surface area (Å²) < 4.78 is 23.8. The van der Waals surface area contributed by atoms with E-state index in [1.807, 2.05) is 0 Å². The van der Waals surface area contributed by atoms with E-state index in [2.05, 4.69) is 218 Å². The Morgan fingerprint density at radius 1 is 0.338 bits per heavy atom. The molecule has 0 atom stereocenters. The molecule has 3 aliphatic rings. The summed E-state index contributed by atoms with van der Waals surface area (Å²) in [6.45, 7) is 7.12. The standard InChI is InChI=1S/C70H76N2O4Si/c1-3-5-7-9-11-19-49-77(50-20-12-10-8-6-4-2)67-51-63(71(61-37-29-57(30-38-61)69-73-45-46-74-69)59-33-25-55(26-34-59)53-21-15-13-16-22-53)41-43-65(67)66-44-42-64(52-68(66)77)72(62-39-31-58(32-40-62)70-75-47-48-76-70)60-35-27-56(28-36-60)54-23-17-14-18-24-54/h13-18,21-44,51-52,69-70H,3-12,19-20,45-50H2,1-2H3. The summed E-state index contributed by atoms with van der Waals surface area (Å²) in [7, 11) is -2.45. The third-order valence-electron chi connectivity index (χ3n) is 16.3. The van der Waals surface area contributed by atoms with Crippen LogP contribution < -0.4 is 20.2 Å². The molecule has 6 nitrogen and oxygen atoms in total. The summed E-state index contributed by atoms with van der Waals surface area (Å²) in [6, 6.07) is 74.9. The van der Waals surface area contributed by atoms with Gasteiger partial charge in [-0.15, -0.1) is 0 Å². The Morgan fingerprint density at radius 3 is 1.01 bits per heavy atom. The second-order valence-electron chi connectivity index (χ2n) is 21.4. The molecule has 8 aromatic carbocycles. The zero-order chi connectivity index (χ0) is 52.2. The van der Waals surface area contributed by atoms with Crippen molar-refractivity contribution in [3.05, 3.63) is 205 Å². The molecule has 0 unspecified atom stereocenters. The van der Waals surface area contributed by atoms with Crippen molar-refractivity contribution >= 4 is 52.6 Å². The Bertz CT molecular complexity index is 2900. The van der Waals surface area contributed by atoms with Crippen LogP contribution in [-0.4, -0.2) is 34.5 Å². The number of fused-ring (bicyclic) bond motifs is 3. The van der Waals surface area contributed by atoms with Crippen LogP contribution in [-0.2, 0) is 18.9 Å². The summed E-state index contributed by atoms with van der Waals surface area (Å²) in [5.41, 5.74) is 16.7. The van der Waals surface area contributed by atoms with Crippen molar-refractivity contribution in [2.75, 3.05) is 36.2 Å². The van der Waals surface area contributed by atoms with Crippen molar-refractivity contribution in [1.82, 2.24) is 0 Å². The fraction of sp³-hybridized carbons (Fsp3) is 0.314. The van der Waals surface area contributed by atoms with Crippen molar-refractivity contribution in [3.63, 3.8) is 0 Å². The first-order valence-electron chi connectivity index (χ1n) is 29.0. The number of nitrogens with zero attached hydrogens (tertiary/aromatic N) is 2. The SMILES string of the molecule is CCCCCCCC[Si]1(CCCCCCCC)c2cc(N(c3ccc(-c4ccccc4)cc3)c3ccc(C4OCCO4)cc3)ccc2-c2ccc(N(c3ccc(-c4ccccc4)cc3)c3ccc(C4OCCO4)cc3)cc21. The van der Waals surface area contributed by atoms with Gasteiger partial charge in [-0.3, -0.25) is 0 Å². The van der Waals surface area contributed by atoms with Crippen molar-refractivity contribution in [3.8, 4) is 33.4 Å². The maximum Gasteiger partial charge on any atom is 0.184 e. The van der Waals surface area contributed by atoms with E-state index in [4.69, 9.17) is 18.9 Å². The molecule has 0 spiro atoms. The average Bonchev–Trinajstić information content (AvgIpc) is 4.42.